The van der Waals surface area contributed by atoms with E-state index in [-0.39, 0.29) is 23.7 Å². The molecule has 0 N–H and O–H groups in total. The summed E-state index contributed by atoms with van der Waals surface area (Å²) >= 11 is 0. The standard InChI is InChI=1S/2C44H58O12/c2*1-45-35-16-29(17-36(24-35)46-2)14-33(12-11-13-55-26-31-20-39(49-5)43(53-9)40(21-31)50-6)34(15-30-18-37(47-3)25-38(19-30)48-4)28-56-27-32-22-41(51-7)44(54-10)42(23-32)52-8/h2*16-25,33-34H,11-15,26-28H2,1-10H3/t2*33-,34+/m10/s1. The summed E-state index contributed by atoms with van der Waals surface area (Å²) in [5.41, 5.74) is 7.99. The van der Waals surface area contributed by atoms with E-state index in [4.69, 9.17) is 114 Å². The first-order valence-electron chi connectivity index (χ1n) is 36.9. The van der Waals surface area contributed by atoms with Crippen LogP contribution in [-0.4, -0.2) is 169 Å². The Bertz CT molecular complexity index is 3690. The molecule has 0 aliphatic heterocycles. The molecule has 8 rings (SSSR count). The Hall–Kier alpha value is -10.4. The third-order valence-electron chi connectivity index (χ3n) is 19.3. The highest BCUT2D eigenvalue weighted by Gasteiger charge is 2.28. The van der Waals surface area contributed by atoms with E-state index in [1.54, 1.807) is 142 Å². The monoisotopic (exact) mass is 1560 g/mol. The molecule has 0 radical (unpaired) electrons. The van der Waals surface area contributed by atoms with Crippen molar-refractivity contribution >= 4 is 0 Å². The maximum atomic E-state index is 6.57. The van der Waals surface area contributed by atoms with E-state index in [9.17, 15) is 0 Å². The topological polar surface area (TPSA) is 222 Å². The Morgan fingerprint density at radius 3 is 0.554 bits per heavy atom. The molecule has 4 atom stereocenters. The van der Waals surface area contributed by atoms with Gasteiger partial charge in [-0.25, -0.2) is 0 Å². The molecule has 0 aliphatic rings. The summed E-state index contributed by atoms with van der Waals surface area (Å²) in [5, 5.41) is 0. The molecular formula is C88H116O24. The summed E-state index contributed by atoms with van der Waals surface area (Å²) in [6, 6.07) is 39.3. The van der Waals surface area contributed by atoms with Gasteiger partial charge in [0, 0.05) is 37.5 Å². The zero-order valence-electron chi connectivity index (χ0n) is 69.0. The highest BCUT2D eigenvalue weighted by Crippen LogP contribution is 2.44. The second kappa shape index (κ2) is 47.1. The molecule has 0 bridgehead atoms. The molecule has 0 saturated heterocycles. The highest BCUT2D eigenvalue weighted by molar-refractivity contribution is 5.57. The van der Waals surface area contributed by atoms with E-state index < -0.39 is 0 Å². The minimum atomic E-state index is 0.0705. The van der Waals surface area contributed by atoms with Crippen molar-refractivity contribution < 1.29 is 114 Å². The van der Waals surface area contributed by atoms with Gasteiger partial charge in [-0.2, -0.15) is 0 Å². The van der Waals surface area contributed by atoms with Crippen LogP contribution in [0.4, 0.5) is 0 Å². The van der Waals surface area contributed by atoms with E-state index >= 15 is 0 Å². The predicted octanol–water partition coefficient (Wildman–Crippen LogP) is 16.0. The zero-order chi connectivity index (χ0) is 80.9. The third-order valence-corrected chi connectivity index (χ3v) is 19.3. The minimum Gasteiger partial charge on any atom is -0.497 e. The summed E-state index contributed by atoms with van der Waals surface area (Å²) in [6.07, 6.45) is 6.24. The van der Waals surface area contributed by atoms with Crippen molar-refractivity contribution in [2.75, 3.05) is 169 Å². The highest BCUT2D eigenvalue weighted by atomic mass is 16.6. The number of ether oxygens (including phenoxy) is 24. The third kappa shape index (κ3) is 25.8. The Morgan fingerprint density at radius 1 is 0.188 bits per heavy atom. The van der Waals surface area contributed by atoms with Crippen LogP contribution in [0.2, 0.25) is 0 Å². The second-order valence-electron chi connectivity index (χ2n) is 26.3. The molecule has 24 heteroatoms. The summed E-state index contributed by atoms with van der Waals surface area (Å²) in [5.74, 6) is 13.1. The first-order chi connectivity index (χ1) is 54.5. The van der Waals surface area contributed by atoms with E-state index in [1.807, 2.05) is 72.8 Å². The van der Waals surface area contributed by atoms with Gasteiger partial charge in [-0.05, 0) is 217 Å². The van der Waals surface area contributed by atoms with Gasteiger partial charge in [-0.1, -0.05) is 0 Å². The molecule has 0 fully saturated rings. The molecule has 24 nitrogen and oxygen atoms in total. The van der Waals surface area contributed by atoms with Crippen LogP contribution < -0.4 is 94.7 Å². The van der Waals surface area contributed by atoms with Gasteiger partial charge in [-0.3, -0.25) is 0 Å². The lowest BCUT2D eigenvalue weighted by Gasteiger charge is -2.28. The lowest BCUT2D eigenvalue weighted by molar-refractivity contribution is 0.0578. The molecule has 0 aliphatic carbocycles. The van der Waals surface area contributed by atoms with Crippen molar-refractivity contribution in [2.45, 2.75) is 77.8 Å². The van der Waals surface area contributed by atoms with Crippen molar-refractivity contribution in [2.24, 2.45) is 23.7 Å². The number of rotatable bonds is 50. The number of benzene rings is 8. The summed E-state index contributed by atoms with van der Waals surface area (Å²) in [7, 11) is 32.5. The molecule has 8 aromatic rings. The zero-order valence-corrected chi connectivity index (χ0v) is 69.0. The number of hydrogen-bond acceptors (Lipinski definition) is 24. The molecule has 0 spiro atoms. The maximum absolute atomic E-state index is 6.57. The van der Waals surface area contributed by atoms with Gasteiger partial charge >= 0.3 is 0 Å². The first kappa shape index (κ1) is 88.8. The fraction of sp³-hybridized carbons (Fsp3) is 0.455. The summed E-state index contributed by atoms with van der Waals surface area (Å²) < 4.78 is 137. The minimum absolute atomic E-state index is 0.0705. The van der Waals surface area contributed by atoms with Crippen molar-refractivity contribution in [3.63, 3.8) is 0 Å². The van der Waals surface area contributed by atoms with Crippen molar-refractivity contribution in [1.29, 1.82) is 0 Å². The average molecular weight is 1560 g/mol. The Labute approximate surface area is 661 Å². The maximum Gasteiger partial charge on any atom is 0.203 e. The lowest BCUT2D eigenvalue weighted by atomic mass is 9.80. The largest absolute Gasteiger partial charge is 0.497 e. The molecule has 0 heterocycles. The number of hydrogen-bond donors (Lipinski definition) is 0. The van der Waals surface area contributed by atoms with Crippen LogP contribution in [0.3, 0.4) is 0 Å². The van der Waals surface area contributed by atoms with Crippen molar-refractivity contribution in [1.82, 2.24) is 0 Å². The molecule has 612 valence electrons. The predicted molar refractivity (Wildman–Crippen MR) is 428 cm³/mol. The molecule has 112 heavy (non-hydrogen) atoms. The number of methoxy groups -OCH3 is 20. The fourth-order valence-corrected chi connectivity index (χ4v) is 13.7. The summed E-state index contributed by atoms with van der Waals surface area (Å²) in [4.78, 5) is 0. The normalized spacial score (nSPS) is 12.0. The Balaban J connectivity index is 0.000000311. The Kier molecular flexibility index (Phi) is 37.3. The van der Waals surface area contributed by atoms with Gasteiger partial charge in [-0.15, -0.1) is 0 Å². The van der Waals surface area contributed by atoms with Crippen molar-refractivity contribution in [3.05, 3.63) is 166 Å². The van der Waals surface area contributed by atoms with Crippen LogP contribution in [0.25, 0.3) is 0 Å². The van der Waals surface area contributed by atoms with Gasteiger partial charge in [0.1, 0.15) is 46.0 Å². The van der Waals surface area contributed by atoms with Gasteiger partial charge < -0.3 is 114 Å². The van der Waals surface area contributed by atoms with E-state index in [0.29, 0.717) is 135 Å². The van der Waals surface area contributed by atoms with Crippen LogP contribution in [0.15, 0.2) is 121 Å². The molecule has 0 saturated carbocycles. The van der Waals surface area contributed by atoms with Crippen LogP contribution in [-0.2, 0) is 71.1 Å². The quantitative estimate of drug-likeness (QED) is 0.0323. The van der Waals surface area contributed by atoms with Gasteiger partial charge in [0.2, 0.25) is 23.0 Å². The molecule has 0 unspecified atom stereocenters. The average Bonchev–Trinajstić information content (AvgIpc) is 0.851. The smallest absolute Gasteiger partial charge is 0.203 e. The molecule has 8 aromatic carbocycles. The summed E-state index contributed by atoms with van der Waals surface area (Å²) in [6.45, 7) is 3.47. The second-order valence-corrected chi connectivity index (χ2v) is 26.3. The van der Waals surface area contributed by atoms with Gasteiger partial charge in [0.25, 0.3) is 0 Å². The van der Waals surface area contributed by atoms with Crippen LogP contribution >= 0.6 is 0 Å². The van der Waals surface area contributed by atoms with Gasteiger partial charge in [0.05, 0.1) is 182 Å². The molecular weight excluding hydrogens is 1440 g/mol. The van der Waals surface area contributed by atoms with Gasteiger partial charge in [0.15, 0.2) is 46.0 Å². The first-order valence-corrected chi connectivity index (χ1v) is 36.9. The SMILES string of the molecule is COc1cc(C[C@@H](CCCOCc2cc(OC)c(OC)c(OC)c2)[C@H](COCc2cc(OC)c(OC)c(OC)c2)Cc2cc(OC)cc(OC)c2)cc(OC)c1.COc1cc(C[C@H](CCCOCc2cc(OC)c(OC)c(OC)c2)[C@@H](COCc2cc(OC)c(OC)c(OC)c2)Cc2cc(OC)cc(OC)c2)cc(OC)c1. The lowest BCUT2D eigenvalue weighted by Crippen LogP contribution is -2.25. The van der Waals surface area contributed by atoms with Crippen LogP contribution in [0, 0.1) is 23.7 Å². The van der Waals surface area contributed by atoms with Crippen LogP contribution in [0.5, 0.6) is 115 Å². The fourth-order valence-electron chi connectivity index (χ4n) is 13.7. The van der Waals surface area contributed by atoms with E-state index in [0.717, 1.165) is 129 Å². The Morgan fingerprint density at radius 2 is 0.375 bits per heavy atom. The molecule has 0 aromatic heterocycles. The van der Waals surface area contributed by atoms with Crippen LogP contribution in [0.1, 0.15) is 70.2 Å². The van der Waals surface area contributed by atoms with E-state index in [2.05, 4.69) is 48.5 Å². The molecule has 0 amide bonds. The van der Waals surface area contributed by atoms with E-state index in [1.165, 1.54) is 0 Å². The van der Waals surface area contributed by atoms with Crippen molar-refractivity contribution in [3.8, 4) is 115 Å².